The van der Waals surface area contributed by atoms with Crippen molar-refractivity contribution in [3.63, 3.8) is 0 Å². The van der Waals surface area contributed by atoms with Crippen LogP contribution in [0.25, 0.3) is 16.9 Å². The lowest BCUT2D eigenvalue weighted by atomic mass is 10.1. The summed E-state index contributed by atoms with van der Waals surface area (Å²) in [5.74, 6) is 0.784. The van der Waals surface area contributed by atoms with E-state index in [0.717, 1.165) is 41.3 Å². The molecule has 0 saturated heterocycles. The SMILES string of the molecule is Cc1cccc(-n2nc(-c3cccc(F)c3)c3c2NCC3)c1. The van der Waals surface area contributed by atoms with E-state index in [1.165, 1.54) is 11.6 Å². The lowest BCUT2D eigenvalue weighted by Gasteiger charge is -2.07. The van der Waals surface area contributed by atoms with Crippen molar-refractivity contribution in [1.29, 1.82) is 0 Å². The second kappa shape index (κ2) is 4.98. The van der Waals surface area contributed by atoms with Crippen LogP contribution in [-0.2, 0) is 6.42 Å². The Balaban J connectivity index is 1.90. The largest absolute Gasteiger partial charge is 0.369 e. The number of halogens is 1. The van der Waals surface area contributed by atoms with Gasteiger partial charge in [0.15, 0.2) is 0 Å². The fourth-order valence-corrected chi connectivity index (χ4v) is 2.99. The third-order valence-electron chi connectivity index (χ3n) is 4.00. The van der Waals surface area contributed by atoms with Gasteiger partial charge in [-0.15, -0.1) is 0 Å². The molecule has 0 spiro atoms. The van der Waals surface area contributed by atoms with Gasteiger partial charge in [-0.05, 0) is 43.2 Å². The maximum Gasteiger partial charge on any atom is 0.133 e. The van der Waals surface area contributed by atoms with E-state index in [0.29, 0.717) is 0 Å². The summed E-state index contributed by atoms with van der Waals surface area (Å²) in [5, 5.41) is 8.14. The van der Waals surface area contributed by atoms with Gasteiger partial charge >= 0.3 is 0 Å². The van der Waals surface area contributed by atoms with Crippen LogP contribution in [0, 0.1) is 12.7 Å². The summed E-state index contributed by atoms with van der Waals surface area (Å²) < 4.78 is 15.5. The highest BCUT2D eigenvalue weighted by atomic mass is 19.1. The molecule has 1 aliphatic rings. The molecule has 0 atom stereocenters. The van der Waals surface area contributed by atoms with Gasteiger partial charge in [-0.2, -0.15) is 5.10 Å². The zero-order valence-electron chi connectivity index (χ0n) is 12.3. The molecule has 3 aromatic rings. The number of nitrogens with one attached hydrogen (secondary N) is 1. The topological polar surface area (TPSA) is 29.9 Å². The highest BCUT2D eigenvalue weighted by molar-refractivity contribution is 5.72. The van der Waals surface area contributed by atoms with Crippen molar-refractivity contribution in [3.8, 4) is 16.9 Å². The maximum atomic E-state index is 13.5. The van der Waals surface area contributed by atoms with Crippen molar-refractivity contribution in [2.75, 3.05) is 11.9 Å². The average molecular weight is 293 g/mol. The van der Waals surface area contributed by atoms with Gasteiger partial charge in [0.1, 0.15) is 11.6 Å². The minimum Gasteiger partial charge on any atom is -0.369 e. The Labute approximate surface area is 128 Å². The first-order chi connectivity index (χ1) is 10.7. The number of fused-ring (bicyclic) bond motifs is 1. The minimum atomic E-state index is -0.234. The zero-order valence-corrected chi connectivity index (χ0v) is 12.3. The molecule has 0 bridgehead atoms. The molecule has 2 aromatic carbocycles. The number of hydrogen-bond acceptors (Lipinski definition) is 2. The smallest absolute Gasteiger partial charge is 0.133 e. The number of nitrogens with zero attached hydrogens (tertiary/aromatic N) is 2. The van der Waals surface area contributed by atoms with E-state index < -0.39 is 0 Å². The standard InChI is InChI=1S/C18H16FN3/c1-12-4-2-7-15(10-12)22-18-16(8-9-20-18)17(21-22)13-5-3-6-14(19)11-13/h2-7,10-11,20H,8-9H2,1H3. The van der Waals surface area contributed by atoms with Gasteiger partial charge in [0.25, 0.3) is 0 Å². The van der Waals surface area contributed by atoms with E-state index in [-0.39, 0.29) is 5.82 Å². The van der Waals surface area contributed by atoms with Crippen LogP contribution in [0.4, 0.5) is 10.2 Å². The Morgan fingerprint density at radius 1 is 1.14 bits per heavy atom. The summed E-state index contributed by atoms with van der Waals surface area (Å²) in [6.07, 6.45) is 0.910. The van der Waals surface area contributed by atoms with Crippen LogP contribution >= 0.6 is 0 Å². The molecule has 22 heavy (non-hydrogen) atoms. The summed E-state index contributed by atoms with van der Waals surface area (Å²) in [7, 11) is 0. The van der Waals surface area contributed by atoms with Crippen molar-refractivity contribution in [2.45, 2.75) is 13.3 Å². The average Bonchev–Trinajstić information content (AvgIpc) is 3.09. The van der Waals surface area contributed by atoms with Gasteiger partial charge in [0.05, 0.1) is 11.4 Å². The Morgan fingerprint density at radius 2 is 2.00 bits per heavy atom. The third-order valence-corrected chi connectivity index (χ3v) is 4.00. The Kier molecular flexibility index (Phi) is 2.96. The van der Waals surface area contributed by atoms with E-state index >= 15 is 0 Å². The van der Waals surface area contributed by atoms with Crippen LogP contribution in [0.15, 0.2) is 48.5 Å². The molecule has 0 aliphatic carbocycles. The summed E-state index contributed by atoms with van der Waals surface area (Å²) in [4.78, 5) is 0. The molecule has 110 valence electrons. The third kappa shape index (κ3) is 2.08. The second-order valence-electron chi connectivity index (χ2n) is 5.61. The van der Waals surface area contributed by atoms with Gasteiger partial charge in [0, 0.05) is 17.7 Å². The number of aromatic nitrogens is 2. The number of benzene rings is 2. The van der Waals surface area contributed by atoms with Gasteiger partial charge in [-0.1, -0.05) is 24.3 Å². The van der Waals surface area contributed by atoms with E-state index in [1.54, 1.807) is 12.1 Å². The monoisotopic (exact) mass is 293 g/mol. The normalized spacial score (nSPS) is 13.0. The number of hydrogen-bond donors (Lipinski definition) is 1. The second-order valence-corrected chi connectivity index (χ2v) is 5.61. The van der Waals surface area contributed by atoms with Crippen molar-refractivity contribution in [3.05, 3.63) is 65.5 Å². The molecule has 1 aromatic heterocycles. The molecule has 0 radical (unpaired) electrons. The van der Waals surface area contributed by atoms with Crippen molar-refractivity contribution in [1.82, 2.24) is 9.78 Å². The van der Waals surface area contributed by atoms with Gasteiger partial charge < -0.3 is 5.32 Å². The van der Waals surface area contributed by atoms with Crippen molar-refractivity contribution >= 4 is 5.82 Å². The molecular weight excluding hydrogens is 277 g/mol. The molecule has 0 saturated carbocycles. The van der Waals surface area contributed by atoms with E-state index in [9.17, 15) is 4.39 Å². The molecule has 2 heterocycles. The highest BCUT2D eigenvalue weighted by Gasteiger charge is 2.24. The van der Waals surface area contributed by atoms with E-state index in [4.69, 9.17) is 5.10 Å². The molecule has 0 unspecified atom stereocenters. The summed E-state index contributed by atoms with van der Waals surface area (Å²) in [6.45, 7) is 2.95. The summed E-state index contributed by atoms with van der Waals surface area (Å²) >= 11 is 0. The number of anilines is 1. The lowest BCUT2D eigenvalue weighted by Crippen LogP contribution is -2.04. The Morgan fingerprint density at radius 3 is 2.82 bits per heavy atom. The summed E-state index contributed by atoms with van der Waals surface area (Å²) in [5.41, 5.74) is 5.06. The lowest BCUT2D eigenvalue weighted by molar-refractivity contribution is 0.628. The molecule has 1 N–H and O–H groups in total. The first kappa shape index (κ1) is 13.1. The Hall–Kier alpha value is -2.62. The van der Waals surface area contributed by atoms with Crippen LogP contribution in [0.5, 0.6) is 0 Å². The predicted molar refractivity (Wildman–Crippen MR) is 85.9 cm³/mol. The van der Waals surface area contributed by atoms with Gasteiger partial charge in [0.2, 0.25) is 0 Å². The molecule has 4 rings (SSSR count). The first-order valence-electron chi connectivity index (χ1n) is 7.41. The number of aryl methyl sites for hydroxylation is 1. The molecule has 0 amide bonds. The molecule has 0 fully saturated rings. The molecule has 4 heteroatoms. The predicted octanol–water partition coefficient (Wildman–Crippen LogP) is 3.95. The molecular formula is C18H16FN3. The Bertz CT molecular complexity index is 783. The van der Waals surface area contributed by atoms with Crippen molar-refractivity contribution in [2.24, 2.45) is 0 Å². The maximum absolute atomic E-state index is 13.5. The first-order valence-corrected chi connectivity index (χ1v) is 7.41. The molecule has 1 aliphatic heterocycles. The fraction of sp³-hybridized carbons (Fsp3) is 0.167. The van der Waals surface area contributed by atoms with Crippen molar-refractivity contribution < 1.29 is 4.39 Å². The summed E-state index contributed by atoms with van der Waals surface area (Å²) in [6, 6.07) is 14.9. The van der Waals surface area contributed by atoms with Crippen LogP contribution in [-0.4, -0.2) is 16.3 Å². The quantitative estimate of drug-likeness (QED) is 0.775. The van der Waals surface area contributed by atoms with Crippen LogP contribution in [0.3, 0.4) is 0 Å². The van der Waals surface area contributed by atoms with Crippen LogP contribution < -0.4 is 5.32 Å². The van der Waals surface area contributed by atoms with Crippen LogP contribution in [0.2, 0.25) is 0 Å². The molecule has 3 nitrogen and oxygen atoms in total. The van der Waals surface area contributed by atoms with Gasteiger partial charge in [-0.25, -0.2) is 9.07 Å². The van der Waals surface area contributed by atoms with Crippen LogP contribution in [0.1, 0.15) is 11.1 Å². The fourth-order valence-electron chi connectivity index (χ4n) is 2.99. The van der Waals surface area contributed by atoms with E-state index in [1.807, 2.05) is 22.9 Å². The zero-order chi connectivity index (χ0) is 15.1. The number of rotatable bonds is 2. The minimum absolute atomic E-state index is 0.234. The van der Waals surface area contributed by atoms with E-state index in [2.05, 4.69) is 24.4 Å². The highest BCUT2D eigenvalue weighted by Crippen LogP contribution is 2.34. The van der Waals surface area contributed by atoms with Gasteiger partial charge in [-0.3, -0.25) is 0 Å².